The molecule has 0 aliphatic heterocycles. The maximum Gasteiger partial charge on any atom is 0.269 e. The summed E-state index contributed by atoms with van der Waals surface area (Å²) in [4.78, 5) is 10.4. The predicted octanol–water partition coefficient (Wildman–Crippen LogP) is 4.45. The zero-order valence-corrected chi connectivity index (χ0v) is 17.2. The third-order valence-electron chi connectivity index (χ3n) is 4.99. The molecule has 0 saturated heterocycles. The van der Waals surface area contributed by atoms with Crippen molar-refractivity contribution < 1.29 is 9.34 Å². The molecule has 4 aromatic rings. The first kappa shape index (κ1) is 19.4. The average molecular weight is 434 g/mol. The Labute approximate surface area is 181 Å². The molecule has 2 aromatic carbocycles. The number of aromatic nitrogens is 5. The first-order valence-electron chi connectivity index (χ1n) is 9.84. The van der Waals surface area contributed by atoms with E-state index in [1.165, 1.54) is 29.5 Å². The largest absolute Gasteiger partial charge is 0.420 e. The van der Waals surface area contributed by atoms with Gasteiger partial charge in [-0.15, -0.1) is 20.4 Å². The molecule has 1 fully saturated rings. The number of nitro benzene ring substituents is 1. The smallest absolute Gasteiger partial charge is 0.269 e. The second-order valence-corrected chi connectivity index (χ2v) is 8.22. The summed E-state index contributed by atoms with van der Waals surface area (Å²) in [5.41, 5.74) is 1.85. The second-order valence-electron chi connectivity index (χ2n) is 7.28. The number of hydrogen-bond donors (Lipinski definition) is 0. The zero-order chi connectivity index (χ0) is 21.2. The fourth-order valence-corrected chi connectivity index (χ4v) is 4.03. The van der Waals surface area contributed by atoms with Crippen molar-refractivity contribution in [3.05, 3.63) is 82.0 Å². The summed E-state index contributed by atoms with van der Waals surface area (Å²) in [5, 5.41) is 28.6. The van der Waals surface area contributed by atoms with E-state index >= 15 is 0 Å². The summed E-state index contributed by atoms with van der Waals surface area (Å²) >= 11 is 1.50. The SMILES string of the molecule is O=[N+]([O-])c1ccc(-c2nnc(CSc3nnc(C4CC4)n3Cc3ccccc3)o2)cc1. The molecule has 5 rings (SSSR count). The highest BCUT2D eigenvalue weighted by Crippen LogP contribution is 2.40. The lowest BCUT2D eigenvalue weighted by Crippen LogP contribution is -2.06. The van der Waals surface area contributed by atoms with Crippen molar-refractivity contribution in [2.45, 2.75) is 36.2 Å². The molecule has 0 spiro atoms. The van der Waals surface area contributed by atoms with E-state index in [9.17, 15) is 10.1 Å². The van der Waals surface area contributed by atoms with Gasteiger partial charge in [0.05, 0.1) is 17.2 Å². The van der Waals surface area contributed by atoms with Crippen LogP contribution in [0.4, 0.5) is 5.69 Å². The average Bonchev–Trinajstić information content (AvgIpc) is 3.39. The number of benzene rings is 2. The topological polar surface area (TPSA) is 113 Å². The van der Waals surface area contributed by atoms with Crippen LogP contribution in [0.2, 0.25) is 0 Å². The molecule has 0 unspecified atom stereocenters. The standard InChI is InChI=1S/C21H18N6O3S/c28-27(29)17-10-8-16(9-11-17)20-24-22-18(30-20)13-31-21-25-23-19(15-6-7-15)26(21)12-14-4-2-1-3-5-14/h1-5,8-11,15H,6-7,12-13H2. The molecule has 1 aliphatic carbocycles. The van der Waals surface area contributed by atoms with Crippen LogP contribution in [-0.4, -0.2) is 29.9 Å². The Morgan fingerprint density at radius 1 is 1.03 bits per heavy atom. The Balaban J connectivity index is 1.31. The summed E-state index contributed by atoms with van der Waals surface area (Å²) in [6, 6.07) is 16.3. The highest BCUT2D eigenvalue weighted by Gasteiger charge is 2.30. The van der Waals surface area contributed by atoms with Crippen LogP contribution in [0.3, 0.4) is 0 Å². The van der Waals surface area contributed by atoms with E-state index in [4.69, 9.17) is 4.42 Å². The number of rotatable bonds is 8. The second kappa shape index (κ2) is 8.31. The van der Waals surface area contributed by atoms with Crippen molar-refractivity contribution in [1.82, 2.24) is 25.0 Å². The van der Waals surface area contributed by atoms with Crippen LogP contribution in [0.1, 0.15) is 36.0 Å². The van der Waals surface area contributed by atoms with Crippen molar-refractivity contribution in [2.24, 2.45) is 0 Å². The van der Waals surface area contributed by atoms with Crippen molar-refractivity contribution in [3.8, 4) is 11.5 Å². The van der Waals surface area contributed by atoms with Crippen molar-refractivity contribution in [2.75, 3.05) is 0 Å². The van der Waals surface area contributed by atoms with Gasteiger partial charge < -0.3 is 8.98 Å². The van der Waals surface area contributed by atoms with Gasteiger partial charge in [-0.3, -0.25) is 10.1 Å². The Kier molecular flexibility index (Phi) is 5.21. The van der Waals surface area contributed by atoms with E-state index in [2.05, 4.69) is 37.1 Å². The minimum atomic E-state index is -0.443. The van der Waals surface area contributed by atoms with Crippen LogP contribution < -0.4 is 0 Å². The fourth-order valence-electron chi connectivity index (χ4n) is 3.25. The summed E-state index contributed by atoms with van der Waals surface area (Å²) in [5.74, 6) is 2.76. The summed E-state index contributed by atoms with van der Waals surface area (Å²) in [6.45, 7) is 0.722. The Hall–Kier alpha value is -3.53. The molecule has 31 heavy (non-hydrogen) atoms. The summed E-state index contributed by atoms with van der Waals surface area (Å²) in [7, 11) is 0. The fraction of sp³-hybridized carbons (Fsp3) is 0.238. The van der Waals surface area contributed by atoms with Gasteiger partial charge in [0, 0.05) is 23.6 Å². The molecule has 0 atom stereocenters. The lowest BCUT2D eigenvalue weighted by molar-refractivity contribution is -0.384. The number of nitro groups is 1. The number of hydrogen-bond acceptors (Lipinski definition) is 8. The molecular formula is C21H18N6O3S. The van der Waals surface area contributed by atoms with Crippen LogP contribution in [0.25, 0.3) is 11.5 Å². The maximum atomic E-state index is 10.8. The molecule has 9 nitrogen and oxygen atoms in total. The van der Waals surface area contributed by atoms with Crippen molar-refractivity contribution in [1.29, 1.82) is 0 Å². The number of thioether (sulfide) groups is 1. The molecule has 0 N–H and O–H groups in total. The van der Waals surface area contributed by atoms with Crippen LogP contribution in [-0.2, 0) is 12.3 Å². The molecule has 0 amide bonds. The number of non-ortho nitro benzene ring substituents is 1. The van der Waals surface area contributed by atoms with E-state index in [-0.39, 0.29) is 5.69 Å². The maximum absolute atomic E-state index is 10.8. The van der Waals surface area contributed by atoms with Crippen LogP contribution in [0.15, 0.2) is 64.2 Å². The first-order valence-corrected chi connectivity index (χ1v) is 10.8. The van der Waals surface area contributed by atoms with E-state index in [1.54, 1.807) is 12.1 Å². The number of nitrogens with zero attached hydrogens (tertiary/aromatic N) is 6. The van der Waals surface area contributed by atoms with E-state index in [1.807, 2.05) is 18.2 Å². The third kappa shape index (κ3) is 4.33. The van der Waals surface area contributed by atoms with Gasteiger partial charge in [-0.05, 0) is 30.5 Å². The molecule has 156 valence electrons. The molecule has 1 aliphatic rings. The first-order chi connectivity index (χ1) is 15.2. The molecule has 1 saturated carbocycles. The van der Waals surface area contributed by atoms with Gasteiger partial charge >= 0.3 is 0 Å². The Bertz CT molecular complexity index is 1200. The summed E-state index contributed by atoms with van der Waals surface area (Å²) in [6.07, 6.45) is 2.31. The lowest BCUT2D eigenvalue weighted by atomic mass is 10.2. The van der Waals surface area contributed by atoms with Crippen molar-refractivity contribution in [3.63, 3.8) is 0 Å². The van der Waals surface area contributed by atoms with E-state index in [0.29, 0.717) is 29.0 Å². The van der Waals surface area contributed by atoms with E-state index < -0.39 is 4.92 Å². The van der Waals surface area contributed by atoms with Crippen LogP contribution in [0, 0.1) is 10.1 Å². The lowest BCUT2D eigenvalue weighted by Gasteiger charge is -2.09. The third-order valence-corrected chi connectivity index (χ3v) is 5.94. The van der Waals surface area contributed by atoms with Crippen LogP contribution >= 0.6 is 11.8 Å². The monoisotopic (exact) mass is 434 g/mol. The van der Waals surface area contributed by atoms with Gasteiger partial charge in [-0.2, -0.15) is 0 Å². The van der Waals surface area contributed by atoms with Gasteiger partial charge in [0.25, 0.3) is 5.69 Å². The highest BCUT2D eigenvalue weighted by molar-refractivity contribution is 7.98. The van der Waals surface area contributed by atoms with Gasteiger partial charge in [0.15, 0.2) is 5.16 Å². The molecule has 10 heteroatoms. The zero-order valence-electron chi connectivity index (χ0n) is 16.4. The highest BCUT2D eigenvalue weighted by atomic mass is 32.2. The predicted molar refractivity (Wildman–Crippen MR) is 113 cm³/mol. The Morgan fingerprint density at radius 2 is 1.81 bits per heavy atom. The molecule has 2 heterocycles. The molecular weight excluding hydrogens is 416 g/mol. The minimum Gasteiger partial charge on any atom is -0.420 e. The summed E-state index contributed by atoms with van der Waals surface area (Å²) < 4.78 is 7.92. The Morgan fingerprint density at radius 3 is 2.52 bits per heavy atom. The van der Waals surface area contributed by atoms with Crippen LogP contribution in [0.5, 0.6) is 0 Å². The van der Waals surface area contributed by atoms with Gasteiger partial charge in [-0.1, -0.05) is 42.1 Å². The van der Waals surface area contributed by atoms with E-state index in [0.717, 1.165) is 30.4 Å². The minimum absolute atomic E-state index is 0.0169. The van der Waals surface area contributed by atoms with Gasteiger partial charge in [0.2, 0.25) is 11.8 Å². The molecule has 0 radical (unpaired) electrons. The normalized spacial score (nSPS) is 13.4. The molecule has 2 aromatic heterocycles. The quantitative estimate of drug-likeness (QED) is 0.227. The van der Waals surface area contributed by atoms with Crippen molar-refractivity contribution >= 4 is 17.4 Å². The molecule has 0 bridgehead atoms. The van der Waals surface area contributed by atoms with Gasteiger partial charge in [0.1, 0.15) is 5.82 Å². The van der Waals surface area contributed by atoms with Gasteiger partial charge in [-0.25, -0.2) is 0 Å².